The summed E-state index contributed by atoms with van der Waals surface area (Å²) in [5.74, 6) is 2.81. The zero-order valence-corrected chi connectivity index (χ0v) is 7.43. The summed E-state index contributed by atoms with van der Waals surface area (Å²) in [5, 5.41) is 0. The molecule has 11 heavy (non-hydrogen) atoms. The highest BCUT2D eigenvalue weighted by Gasteiger charge is 1.88. The molecule has 1 rings (SSSR count). The first-order chi connectivity index (χ1) is 5.43. The molecule has 0 saturated heterocycles. The molecule has 0 aliphatic rings. The molecule has 0 unspecified atom stereocenters. The van der Waals surface area contributed by atoms with E-state index in [0.717, 1.165) is 17.4 Å². The number of hydrogen-bond acceptors (Lipinski definition) is 2. The Morgan fingerprint density at radius 1 is 1.27 bits per heavy atom. The first-order valence-electron chi connectivity index (χ1n) is 3.69. The normalized spacial score (nSPS) is 9.55. The predicted molar refractivity (Wildman–Crippen MR) is 50.1 cm³/mol. The molecule has 0 bridgehead atoms. The lowest BCUT2D eigenvalue weighted by Crippen LogP contribution is -1.91. The van der Waals surface area contributed by atoms with Crippen molar-refractivity contribution >= 4 is 11.8 Å². The molecule has 0 aliphatic carbocycles. The van der Waals surface area contributed by atoms with Gasteiger partial charge in [0.25, 0.3) is 0 Å². The van der Waals surface area contributed by atoms with E-state index in [0.29, 0.717) is 0 Å². The van der Waals surface area contributed by atoms with Crippen LogP contribution in [0, 0.1) is 0 Å². The fraction of sp³-hybridized carbons (Fsp3) is 0.333. The van der Waals surface area contributed by atoms with Gasteiger partial charge in [0.15, 0.2) is 0 Å². The zero-order valence-electron chi connectivity index (χ0n) is 6.62. The smallest absolute Gasteiger partial charge is 0.134 e. The van der Waals surface area contributed by atoms with Gasteiger partial charge < -0.3 is 4.74 Å². The van der Waals surface area contributed by atoms with Crippen molar-refractivity contribution in [2.45, 2.75) is 6.92 Å². The number of para-hydroxylation sites is 1. The molecule has 0 amide bonds. The molecule has 0 atom stereocenters. The highest BCUT2D eigenvalue weighted by Crippen LogP contribution is 2.10. The molecule has 0 aliphatic heterocycles. The van der Waals surface area contributed by atoms with Crippen LogP contribution in [0.15, 0.2) is 30.3 Å². The minimum Gasteiger partial charge on any atom is -0.483 e. The lowest BCUT2D eigenvalue weighted by atomic mass is 10.3. The Bertz CT molecular complexity index is 186. The van der Waals surface area contributed by atoms with E-state index in [4.69, 9.17) is 4.74 Å². The van der Waals surface area contributed by atoms with Gasteiger partial charge in [-0.2, -0.15) is 0 Å². The van der Waals surface area contributed by atoms with Crippen molar-refractivity contribution < 1.29 is 4.74 Å². The minimum absolute atomic E-state index is 0.751. The lowest BCUT2D eigenvalue weighted by Gasteiger charge is -2.02. The highest BCUT2D eigenvalue weighted by atomic mass is 32.2. The monoisotopic (exact) mass is 168 g/mol. The maximum atomic E-state index is 5.41. The number of rotatable bonds is 4. The van der Waals surface area contributed by atoms with Crippen molar-refractivity contribution in [2.24, 2.45) is 0 Å². The van der Waals surface area contributed by atoms with Crippen molar-refractivity contribution in [1.29, 1.82) is 0 Å². The second kappa shape index (κ2) is 5.08. The van der Waals surface area contributed by atoms with Crippen LogP contribution < -0.4 is 4.74 Å². The van der Waals surface area contributed by atoms with E-state index in [-0.39, 0.29) is 0 Å². The first kappa shape index (κ1) is 8.47. The van der Waals surface area contributed by atoms with Crippen LogP contribution in [0.5, 0.6) is 5.75 Å². The van der Waals surface area contributed by atoms with Crippen LogP contribution in [0.25, 0.3) is 0 Å². The number of thioether (sulfide) groups is 1. The summed E-state index contributed by atoms with van der Waals surface area (Å²) in [5.41, 5.74) is 0. The van der Waals surface area contributed by atoms with Gasteiger partial charge >= 0.3 is 0 Å². The van der Waals surface area contributed by atoms with Crippen LogP contribution >= 0.6 is 11.8 Å². The summed E-state index contributed by atoms with van der Waals surface area (Å²) in [6.07, 6.45) is 0. The Morgan fingerprint density at radius 3 is 2.64 bits per heavy atom. The van der Waals surface area contributed by atoms with Gasteiger partial charge in [0.05, 0.1) is 0 Å². The topological polar surface area (TPSA) is 9.23 Å². The molecular weight excluding hydrogens is 156 g/mol. The Hall–Kier alpha value is -0.630. The van der Waals surface area contributed by atoms with Gasteiger partial charge in [0.1, 0.15) is 11.7 Å². The summed E-state index contributed by atoms with van der Waals surface area (Å²) in [6.45, 7) is 2.12. The van der Waals surface area contributed by atoms with E-state index in [9.17, 15) is 0 Å². The average molecular weight is 168 g/mol. The molecule has 0 aromatic heterocycles. The first-order valence-corrected chi connectivity index (χ1v) is 4.84. The van der Waals surface area contributed by atoms with E-state index >= 15 is 0 Å². The minimum atomic E-state index is 0.751. The van der Waals surface area contributed by atoms with Gasteiger partial charge in [0.2, 0.25) is 0 Å². The van der Waals surface area contributed by atoms with Gasteiger partial charge in [-0.15, -0.1) is 11.8 Å². The summed E-state index contributed by atoms with van der Waals surface area (Å²) in [4.78, 5) is 0. The van der Waals surface area contributed by atoms with Crippen LogP contribution in [0.1, 0.15) is 6.92 Å². The second-order valence-corrected chi connectivity index (χ2v) is 3.29. The van der Waals surface area contributed by atoms with Crippen LogP contribution in [0.3, 0.4) is 0 Å². The van der Waals surface area contributed by atoms with Gasteiger partial charge in [-0.1, -0.05) is 25.1 Å². The van der Waals surface area contributed by atoms with Crippen LogP contribution in [-0.4, -0.2) is 11.7 Å². The Morgan fingerprint density at radius 2 is 2.00 bits per heavy atom. The molecule has 0 fully saturated rings. The van der Waals surface area contributed by atoms with Crippen molar-refractivity contribution in [3.05, 3.63) is 30.3 Å². The second-order valence-electron chi connectivity index (χ2n) is 2.07. The van der Waals surface area contributed by atoms with Crippen LogP contribution in [0.4, 0.5) is 0 Å². The maximum Gasteiger partial charge on any atom is 0.134 e. The van der Waals surface area contributed by atoms with Gasteiger partial charge in [-0.25, -0.2) is 0 Å². The molecule has 0 radical (unpaired) electrons. The molecule has 0 N–H and O–H groups in total. The van der Waals surface area contributed by atoms with E-state index < -0.39 is 0 Å². The summed E-state index contributed by atoms with van der Waals surface area (Å²) >= 11 is 1.78. The third-order valence-corrected chi connectivity index (χ3v) is 1.95. The molecule has 0 heterocycles. The van der Waals surface area contributed by atoms with E-state index in [1.165, 1.54) is 0 Å². The third kappa shape index (κ3) is 3.33. The molecular formula is C9H12OS. The summed E-state index contributed by atoms with van der Waals surface area (Å²) < 4.78 is 5.41. The van der Waals surface area contributed by atoms with E-state index in [2.05, 4.69) is 6.92 Å². The largest absolute Gasteiger partial charge is 0.483 e. The lowest BCUT2D eigenvalue weighted by molar-refractivity contribution is 0.393. The molecule has 0 spiro atoms. The molecule has 1 aromatic carbocycles. The zero-order chi connectivity index (χ0) is 7.94. The highest BCUT2D eigenvalue weighted by molar-refractivity contribution is 7.99. The standard InChI is InChI=1S/C9H12OS/c1-2-11-8-10-9-6-4-3-5-7-9/h3-7H,2,8H2,1H3. The fourth-order valence-corrected chi connectivity index (χ4v) is 1.10. The molecule has 2 heteroatoms. The van der Waals surface area contributed by atoms with Crippen molar-refractivity contribution in [3.63, 3.8) is 0 Å². The van der Waals surface area contributed by atoms with Crippen LogP contribution in [0.2, 0.25) is 0 Å². The molecule has 60 valence electrons. The summed E-state index contributed by atoms with van der Waals surface area (Å²) in [6, 6.07) is 9.88. The predicted octanol–water partition coefficient (Wildman–Crippen LogP) is 2.78. The van der Waals surface area contributed by atoms with E-state index in [1.54, 1.807) is 11.8 Å². The van der Waals surface area contributed by atoms with Crippen molar-refractivity contribution in [2.75, 3.05) is 11.7 Å². The molecule has 1 nitrogen and oxygen atoms in total. The van der Waals surface area contributed by atoms with Crippen molar-refractivity contribution in [1.82, 2.24) is 0 Å². The SMILES string of the molecule is CCSCOc1ccccc1. The van der Waals surface area contributed by atoms with Crippen molar-refractivity contribution in [3.8, 4) is 5.75 Å². The summed E-state index contributed by atoms with van der Waals surface area (Å²) in [7, 11) is 0. The Balaban J connectivity index is 2.28. The molecule has 1 aromatic rings. The maximum absolute atomic E-state index is 5.41. The van der Waals surface area contributed by atoms with Gasteiger partial charge in [-0.3, -0.25) is 0 Å². The number of benzene rings is 1. The van der Waals surface area contributed by atoms with Gasteiger partial charge in [0, 0.05) is 0 Å². The molecule has 0 saturated carbocycles. The van der Waals surface area contributed by atoms with Gasteiger partial charge in [-0.05, 0) is 17.9 Å². The number of hydrogen-bond donors (Lipinski definition) is 0. The quantitative estimate of drug-likeness (QED) is 0.505. The third-order valence-electron chi connectivity index (χ3n) is 1.26. The van der Waals surface area contributed by atoms with Crippen LogP contribution in [-0.2, 0) is 0 Å². The Kier molecular flexibility index (Phi) is 3.91. The number of ether oxygens (including phenoxy) is 1. The Labute approximate surface area is 71.8 Å². The average Bonchev–Trinajstić information content (AvgIpc) is 2.07. The fourth-order valence-electron chi connectivity index (χ4n) is 0.710. The van der Waals surface area contributed by atoms with E-state index in [1.807, 2.05) is 30.3 Å².